The third-order valence-electron chi connectivity index (χ3n) is 5.83. The number of H-pyrrole nitrogens is 1. The minimum Gasteiger partial charge on any atom is -0.481 e. The Morgan fingerprint density at radius 1 is 1.33 bits per heavy atom. The number of imidazole rings is 1. The number of hydrogen-bond acceptors (Lipinski definition) is 4. The first kappa shape index (κ1) is 12.8. The second-order valence-corrected chi connectivity index (χ2v) is 6.80. The first-order chi connectivity index (χ1) is 9.99. The SMILES string of the molecule is COc1ccc2[nH]c(C34CCC(CC3=O)C4(C)C)nc2n1. The van der Waals surface area contributed by atoms with E-state index in [9.17, 15) is 4.79 Å². The van der Waals surface area contributed by atoms with Crippen LogP contribution < -0.4 is 4.74 Å². The largest absolute Gasteiger partial charge is 0.481 e. The number of hydrogen-bond donors (Lipinski definition) is 1. The average molecular weight is 285 g/mol. The number of carbonyl (C=O) groups is 1. The molecule has 5 heteroatoms. The lowest BCUT2D eigenvalue weighted by molar-refractivity contribution is -0.124. The van der Waals surface area contributed by atoms with E-state index in [-0.39, 0.29) is 5.41 Å². The van der Waals surface area contributed by atoms with Crippen molar-refractivity contribution in [3.63, 3.8) is 0 Å². The van der Waals surface area contributed by atoms with Gasteiger partial charge >= 0.3 is 0 Å². The van der Waals surface area contributed by atoms with Crippen LogP contribution in [0.3, 0.4) is 0 Å². The van der Waals surface area contributed by atoms with Gasteiger partial charge < -0.3 is 9.72 Å². The Morgan fingerprint density at radius 3 is 2.76 bits per heavy atom. The summed E-state index contributed by atoms with van der Waals surface area (Å²) < 4.78 is 5.15. The van der Waals surface area contributed by atoms with Gasteiger partial charge in [-0.05, 0) is 30.2 Å². The van der Waals surface area contributed by atoms with Gasteiger partial charge in [-0.1, -0.05) is 13.8 Å². The van der Waals surface area contributed by atoms with Crippen molar-refractivity contribution in [3.05, 3.63) is 18.0 Å². The standard InChI is InChI=1S/C16H19N3O2/c1-15(2)9-6-7-16(15,11(20)8-9)14-17-10-4-5-12(21-3)18-13(10)19-14/h4-5,9H,6-8H2,1-3H3,(H,17,18,19). The quantitative estimate of drug-likeness (QED) is 0.921. The Labute approximate surface area is 123 Å². The van der Waals surface area contributed by atoms with E-state index < -0.39 is 5.41 Å². The van der Waals surface area contributed by atoms with Crippen LogP contribution in [0.1, 0.15) is 38.9 Å². The molecule has 0 aromatic carbocycles. The number of rotatable bonds is 2. The minimum atomic E-state index is -0.467. The van der Waals surface area contributed by atoms with Crippen molar-refractivity contribution in [1.29, 1.82) is 0 Å². The number of ether oxygens (including phenoxy) is 1. The number of methoxy groups -OCH3 is 1. The van der Waals surface area contributed by atoms with Gasteiger partial charge in [0.2, 0.25) is 5.88 Å². The molecule has 0 amide bonds. The Bertz CT molecular complexity index is 749. The maximum atomic E-state index is 12.7. The number of aromatic amines is 1. The Morgan fingerprint density at radius 2 is 2.14 bits per heavy atom. The van der Waals surface area contributed by atoms with Crippen LogP contribution in [-0.2, 0) is 10.2 Å². The van der Waals surface area contributed by atoms with Crippen molar-refractivity contribution in [2.75, 3.05) is 7.11 Å². The number of nitrogens with zero attached hydrogens (tertiary/aromatic N) is 2. The summed E-state index contributed by atoms with van der Waals surface area (Å²) in [6.45, 7) is 4.41. The molecule has 2 aliphatic rings. The predicted octanol–water partition coefficient (Wildman–Crippen LogP) is 2.61. The Kier molecular flexibility index (Phi) is 2.34. The maximum absolute atomic E-state index is 12.7. The van der Waals surface area contributed by atoms with Crippen LogP contribution in [0.4, 0.5) is 0 Å². The normalized spacial score (nSPS) is 30.2. The van der Waals surface area contributed by atoms with Gasteiger partial charge in [0.15, 0.2) is 5.65 Å². The van der Waals surface area contributed by atoms with Crippen LogP contribution in [0.15, 0.2) is 12.1 Å². The zero-order valence-corrected chi connectivity index (χ0v) is 12.6. The third-order valence-corrected chi connectivity index (χ3v) is 5.83. The molecular formula is C16H19N3O2. The van der Waals surface area contributed by atoms with E-state index in [2.05, 4.69) is 28.8 Å². The molecule has 110 valence electrons. The van der Waals surface area contributed by atoms with Gasteiger partial charge in [0.25, 0.3) is 0 Å². The summed E-state index contributed by atoms with van der Waals surface area (Å²) in [7, 11) is 1.59. The number of pyridine rings is 1. The van der Waals surface area contributed by atoms with Gasteiger partial charge in [-0.25, -0.2) is 4.98 Å². The summed E-state index contributed by atoms with van der Waals surface area (Å²) in [5.74, 6) is 2.13. The number of ketones is 1. The molecule has 2 saturated carbocycles. The molecule has 0 saturated heterocycles. The Hall–Kier alpha value is -1.91. The molecule has 0 spiro atoms. The topological polar surface area (TPSA) is 67.9 Å². The van der Waals surface area contributed by atoms with Crippen LogP contribution in [0.25, 0.3) is 11.2 Å². The Balaban J connectivity index is 1.91. The number of nitrogens with one attached hydrogen (secondary N) is 1. The van der Waals surface area contributed by atoms with Crippen molar-refractivity contribution in [1.82, 2.24) is 15.0 Å². The zero-order valence-electron chi connectivity index (χ0n) is 12.6. The molecule has 21 heavy (non-hydrogen) atoms. The number of carbonyl (C=O) groups excluding carboxylic acids is 1. The zero-order chi connectivity index (χ0) is 14.8. The highest BCUT2D eigenvalue weighted by molar-refractivity contribution is 5.95. The highest BCUT2D eigenvalue weighted by Crippen LogP contribution is 2.63. The van der Waals surface area contributed by atoms with Gasteiger partial charge in [-0.15, -0.1) is 0 Å². The summed E-state index contributed by atoms with van der Waals surface area (Å²) >= 11 is 0. The number of fused-ring (bicyclic) bond motifs is 3. The molecule has 2 heterocycles. The van der Waals surface area contributed by atoms with Crippen LogP contribution in [0.5, 0.6) is 5.88 Å². The van der Waals surface area contributed by atoms with Crippen molar-refractivity contribution in [2.24, 2.45) is 11.3 Å². The molecule has 2 unspecified atom stereocenters. The van der Waals surface area contributed by atoms with Crippen molar-refractivity contribution in [2.45, 2.75) is 38.5 Å². The lowest BCUT2D eigenvalue weighted by atomic mass is 9.68. The molecule has 1 N–H and O–H groups in total. The second kappa shape index (κ2) is 3.84. The van der Waals surface area contributed by atoms with E-state index in [1.807, 2.05) is 6.07 Å². The van der Waals surface area contributed by atoms with Gasteiger partial charge in [0.05, 0.1) is 18.0 Å². The highest BCUT2D eigenvalue weighted by atomic mass is 16.5. The molecule has 2 aliphatic carbocycles. The molecule has 2 aromatic heterocycles. The lowest BCUT2D eigenvalue weighted by Crippen LogP contribution is -2.41. The molecule has 2 atom stereocenters. The molecule has 2 aromatic rings. The first-order valence-corrected chi connectivity index (χ1v) is 7.43. The summed E-state index contributed by atoms with van der Waals surface area (Å²) in [4.78, 5) is 25.0. The molecule has 0 radical (unpaired) electrons. The molecule has 2 fully saturated rings. The van der Waals surface area contributed by atoms with E-state index in [1.165, 1.54) is 0 Å². The molecular weight excluding hydrogens is 266 g/mol. The number of Topliss-reactive ketones (excluding diaryl/α,β-unsaturated/α-hetero) is 1. The lowest BCUT2D eigenvalue weighted by Gasteiger charge is -2.34. The van der Waals surface area contributed by atoms with Crippen LogP contribution in [0.2, 0.25) is 0 Å². The van der Waals surface area contributed by atoms with Gasteiger partial charge in [-0.3, -0.25) is 4.79 Å². The molecule has 2 bridgehead atoms. The molecule has 4 rings (SSSR count). The van der Waals surface area contributed by atoms with Crippen LogP contribution >= 0.6 is 0 Å². The molecule has 0 aliphatic heterocycles. The van der Waals surface area contributed by atoms with Crippen molar-refractivity contribution < 1.29 is 9.53 Å². The van der Waals surface area contributed by atoms with Gasteiger partial charge in [0.1, 0.15) is 11.6 Å². The fourth-order valence-corrected chi connectivity index (χ4v) is 4.42. The molecule has 5 nitrogen and oxygen atoms in total. The summed E-state index contributed by atoms with van der Waals surface area (Å²) in [6.07, 6.45) is 2.67. The van der Waals surface area contributed by atoms with E-state index >= 15 is 0 Å². The van der Waals surface area contributed by atoms with E-state index in [0.717, 1.165) is 24.2 Å². The summed E-state index contributed by atoms with van der Waals surface area (Å²) in [5.41, 5.74) is 0.977. The third kappa shape index (κ3) is 1.39. The van der Waals surface area contributed by atoms with Gasteiger partial charge in [-0.2, -0.15) is 4.98 Å². The van der Waals surface area contributed by atoms with Crippen molar-refractivity contribution in [3.8, 4) is 5.88 Å². The maximum Gasteiger partial charge on any atom is 0.215 e. The summed E-state index contributed by atoms with van der Waals surface area (Å²) in [6, 6.07) is 3.72. The van der Waals surface area contributed by atoms with Crippen LogP contribution in [-0.4, -0.2) is 27.8 Å². The summed E-state index contributed by atoms with van der Waals surface area (Å²) in [5, 5.41) is 0. The highest BCUT2D eigenvalue weighted by Gasteiger charge is 2.66. The first-order valence-electron chi connectivity index (χ1n) is 7.43. The average Bonchev–Trinajstić information content (AvgIpc) is 3.04. The second-order valence-electron chi connectivity index (χ2n) is 6.80. The van der Waals surface area contributed by atoms with E-state index in [4.69, 9.17) is 4.74 Å². The van der Waals surface area contributed by atoms with Crippen LogP contribution in [0, 0.1) is 11.3 Å². The smallest absolute Gasteiger partial charge is 0.215 e. The predicted molar refractivity (Wildman–Crippen MR) is 78.2 cm³/mol. The monoisotopic (exact) mass is 285 g/mol. The minimum absolute atomic E-state index is 0.0396. The fourth-order valence-electron chi connectivity index (χ4n) is 4.42. The van der Waals surface area contributed by atoms with Crippen molar-refractivity contribution >= 4 is 16.9 Å². The van der Waals surface area contributed by atoms with E-state index in [1.54, 1.807) is 13.2 Å². The van der Waals surface area contributed by atoms with E-state index in [0.29, 0.717) is 29.6 Å². The number of aromatic nitrogens is 3. The van der Waals surface area contributed by atoms with Gasteiger partial charge in [0, 0.05) is 12.5 Å². The fraction of sp³-hybridized carbons (Fsp3) is 0.562.